The van der Waals surface area contributed by atoms with Gasteiger partial charge >= 0.3 is 0 Å². The van der Waals surface area contributed by atoms with Gasteiger partial charge in [0.05, 0.1) is 5.69 Å². The molecule has 0 amide bonds. The lowest BCUT2D eigenvalue weighted by Crippen LogP contribution is -2.39. The molecule has 1 aromatic rings. The Bertz CT molecular complexity index is 572. The number of sulfonamides is 1. The molecule has 1 atom stereocenters. The quantitative estimate of drug-likeness (QED) is 0.877. The monoisotopic (exact) mass is 311 g/mol. The molecule has 5 nitrogen and oxygen atoms in total. The fourth-order valence-electron chi connectivity index (χ4n) is 2.83. The fraction of sp³-hybridized carbons (Fsp3) is 0.667. The smallest absolute Gasteiger partial charge is 0.262 e. The van der Waals surface area contributed by atoms with Crippen molar-refractivity contribution in [1.82, 2.24) is 9.29 Å². The van der Waals surface area contributed by atoms with E-state index in [0.717, 1.165) is 25.8 Å². The van der Waals surface area contributed by atoms with Crippen LogP contribution in [0.3, 0.4) is 0 Å². The summed E-state index contributed by atoms with van der Waals surface area (Å²) in [5, 5.41) is 3.33. The maximum atomic E-state index is 13.0. The molecule has 1 aliphatic heterocycles. The molecule has 0 aromatic carbocycles. The maximum absolute atomic E-state index is 13.0. The third kappa shape index (κ3) is 3.37. The Morgan fingerprint density at radius 2 is 2.24 bits per heavy atom. The van der Waals surface area contributed by atoms with E-state index in [-0.39, 0.29) is 11.1 Å². The van der Waals surface area contributed by atoms with E-state index in [1.165, 1.54) is 0 Å². The van der Waals surface area contributed by atoms with Gasteiger partial charge in [0.15, 0.2) is 5.03 Å². The molecule has 2 rings (SSSR count). The summed E-state index contributed by atoms with van der Waals surface area (Å²) in [5.74, 6) is 0.318. The van der Waals surface area contributed by atoms with E-state index in [0.29, 0.717) is 18.2 Å². The molecular weight excluding hydrogens is 286 g/mol. The topological polar surface area (TPSA) is 62.3 Å². The Morgan fingerprint density at radius 1 is 1.48 bits per heavy atom. The summed E-state index contributed by atoms with van der Waals surface area (Å²) in [6.07, 6.45) is 4.34. The first kappa shape index (κ1) is 16.2. The van der Waals surface area contributed by atoms with Gasteiger partial charge in [-0.2, -0.15) is 4.31 Å². The minimum Gasteiger partial charge on any atom is -0.383 e. The molecule has 0 spiro atoms. The first-order valence-electron chi connectivity index (χ1n) is 7.69. The zero-order valence-corrected chi connectivity index (χ0v) is 13.9. The minimum atomic E-state index is -3.53. The molecule has 21 heavy (non-hydrogen) atoms. The second kappa shape index (κ2) is 6.75. The van der Waals surface area contributed by atoms with Gasteiger partial charge in [-0.25, -0.2) is 13.4 Å². The van der Waals surface area contributed by atoms with Gasteiger partial charge in [0.25, 0.3) is 10.0 Å². The number of hydrogen-bond donors (Lipinski definition) is 1. The summed E-state index contributed by atoms with van der Waals surface area (Å²) >= 11 is 0. The van der Waals surface area contributed by atoms with Crippen LogP contribution in [0.4, 0.5) is 5.69 Å². The van der Waals surface area contributed by atoms with Crippen molar-refractivity contribution in [3.63, 3.8) is 0 Å². The highest BCUT2D eigenvalue weighted by molar-refractivity contribution is 7.89. The van der Waals surface area contributed by atoms with Crippen LogP contribution < -0.4 is 5.32 Å². The van der Waals surface area contributed by atoms with E-state index >= 15 is 0 Å². The van der Waals surface area contributed by atoms with Crippen molar-refractivity contribution in [1.29, 1.82) is 0 Å². The van der Waals surface area contributed by atoms with Gasteiger partial charge in [-0.1, -0.05) is 20.8 Å². The van der Waals surface area contributed by atoms with Crippen LogP contribution in [0.15, 0.2) is 23.4 Å². The Balaban J connectivity index is 2.35. The molecule has 6 heteroatoms. The van der Waals surface area contributed by atoms with Crippen LogP contribution in [0.2, 0.25) is 0 Å². The Labute approximate surface area is 127 Å². The summed E-state index contributed by atoms with van der Waals surface area (Å²) in [4.78, 5) is 4.15. The van der Waals surface area contributed by atoms with Gasteiger partial charge in [0.2, 0.25) is 0 Å². The first-order valence-corrected chi connectivity index (χ1v) is 9.13. The van der Waals surface area contributed by atoms with Gasteiger partial charge in [0, 0.05) is 25.3 Å². The number of pyridine rings is 1. The lowest BCUT2D eigenvalue weighted by molar-refractivity contribution is 0.315. The third-order valence-corrected chi connectivity index (χ3v) is 5.79. The molecule has 0 aliphatic carbocycles. The Morgan fingerprint density at radius 3 is 2.90 bits per heavy atom. The number of nitrogens with one attached hydrogen (secondary N) is 1. The maximum Gasteiger partial charge on any atom is 0.262 e. The van der Waals surface area contributed by atoms with E-state index in [9.17, 15) is 8.42 Å². The van der Waals surface area contributed by atoms with Crippen LogP contribution >= 0.6 is 0 Å². The Hall–Kier alpha value is -1.14. The summed E-state index contributed by atoms with van der Waals surface area (Å²) in [6, 6.07) is 3.63. The average Bonchev–Trinajstić information content (AvgIpc) is 2.96. The molecule has 0 radical (unpaired) electrons. The average molecular weight is 311 g/mol. The van der Waals surface area contributed by atoms with Gasteiger partial charge in [-0.3, -0.25) is 0 Å². The number of anilines is 1. The van der Waals surface area contributed by atoms with Crippen LogP contribution in [0.5, 0.6) is 0 Å². The van der Waals surface area contributed by atoms with E-state index in [4.69, 9.17) is 0 Å². The minimum absolute atomic E-state index is 0.0797. The highest BCUT2D eigenvalue weighted by Crippen LogP contribution is 2.31. The molecule has 118 valence electrons. The van der Waals surface area contributed by atoms with Crippen LogP contribution in [0.25, 0.3) is 0 Å². The molecule has 2 heterocycles. The SMILES string of the molecule is CCCNc1cccnc1S(=O)(=O)N1CCCC1C(C)C. The summed E-state index contributed by atoms with van der Waals surface area (Å²) in [6.45, 7) is 7.53. The zero-order valence-electron chi connectivity index (χ0n) is 13.0. The predicted octanol–water partition coefficient (Wildman–Crippen LogP) is 2.71. The van der Waals surface area contributed by atoms with Crippen LogP contribution in [-0.4, -0.2) is 36.8 Å². The second-order valence-corrected chi connectivity index (χ2v) is 7.66. The van der Waals surface area contributed by atoms with Crippen LogP contribution in [0, 0.1) is 5.92 Å². The number of aromatic nitrogens is 1. The second-order valence-electron chi connectivity index (χ2n) is 5.85. The number of nitrogens with zero attached hydrogens (tertiary/aromatic N) is 2. The molecule has 1 N–H and O–H groups in total. The highest BCUT2D eigenvalue weighted by atomic mass is 32.2. The lowest BCUT2D eigenvalue weighted by atomic mass is 10.0. The molecule has 0 saturated carbocycles. The summed E-state index contributed by atoms with van der Waals surface area (Å²) in [5.41, 5.74) is 0.605. The zero-order chi connectivity index (χ0) is 15.5. The van der Waals surface area contributed by atoms with Crippen molar-refractivity contribution in [2.75, 3.05) is 18.4 Å². The third-order valence-electron chi connectivity index (χ3n) is 3.91. The van der Waals surface area contributed by atoms with Crippen LogP contribution in [0.1, 0.15) is 40.0 Å². The molecule has 1 aromatic heterocycles. The standard InChI is InChI=1S/C15H25N3O2S/c1-4-9-16-13-7-5-10-17-15(13)21(19,20)18-11-6-8-14(18)12(2)3/h5,7,10,12,14,16H,4,6,8-9,11H2,1-3H3. The van der Waals surface area contributed by atoms with Crippen molar-refractivity contribution in [2.24, 2.45) is 5.92 Å². The molecule has 0 bridgehead atoms. The summed E-state index contributed by atoms with van der Waals surface area (Å²) < 4.78 is 27.5. The molecule has 1 unspecified atom stereocenters. The summed E-state index contributed by atoms with van der Waals surface area (Å²) in [7, 11) is -3.53. The van der Waals surface area contributed by atoms with E-state index in [2.05, 4.69) is 24.1 Å². The Kier molecular flexibility index (Phi) is 5.22. The molecule has 1 fully saturated rings. The highest BCUT2D eigenvalue weighted by Gasteiger charge is 2.38. The number of rotatable bonds is 6. The van der Waals surface area contributed by atoms with Crippen molar-refractivity contribution in [2.45, 2.75) is 51.1 Å². The van der Waals surface area contributed by atoms with Gasteiger partial charge in [0.1, 0.15) is 0 Å². The number of hydrogen-bond acceptors (Lipinski definition) is 4. The van der Waals surface area contributed by atoms with Crippen molar-refractivity contribution >= 4 is 15.7 Å². The lowest BCUT2D eigenvalue weighted by Gasteiger charge is -2.27. The molecular formula is C15H25N3O2S. The van der Waals surface area contributed by atoms with Crippen molar-refractivity contribution in [3.8, 4) is 0 Å². The van der Waals surface area contributed by atoms with Gasteiger partial charge in [-0.15, -0.1) is 0 Å². The first-order chi connectivity index (χ1) is 9.98. The van der Waals surface area contributed by atoms with E-state index < -0.39 is 10.0 Å². The van der Waals surface area contributed by atoms with E-state index in [1.807, 2.05) is 6.92 Å². The van der Waals surface area contributed by atoms with Crippen molar-refractivity contribution < 1.29 is 8.42 Å². The van der Waals surface area contributed by atoms with Crippen molar-refractivity contribution in [3.05, 3.63) is 18.3 Å². The van der Waals surface area contributed by atoms with Crippen LogP contribution in [-0.2, 0) is 10.0 Å². The largest absolute Gasteiger partial charge is 0.383 e. The van der Waals surface area contributed by atoms with E-state index in [1.54, 1.807) is 22.6 Å². The fourth-order valence-corrected chi connectivity index (χ4v) is 4.74. The normalized spacial score (nSPS) is 20.1. The predicted molar refractivity (Wildman–Crippen MR) is 84.8 cm³/mol. The molecule has 1 aliphatic rings. The van der Waals surface area contributed by atoms with Gasteiger partial charge < -0.3 is 5.32 Å². The van der Waals surface area contributed by atoms with Gasteiger partial charge in [-0.05, 0) is 37.3 Å². The molecule has 1 saturated heterocycles.